The molecule has 1 aliphatic heterocycles. The number of benzene rings is 1. The van der Waals surface area contributed by atoms with Gasteiger partial charge in [0.25, 0.3) is 0 Å². The Labute approximate surface area is 167 Å². The topological polar surface area (TPSA) is 55.4 Å². The quantitative estimate of drug-likeness (QED) is 0.743. The van der Waals surface area contributed by atoms with Crippen LogP contribution in [0, 0.1) is 5.82 Å². The SMILES string of the molecule is CC(=O)c1ccc(-c2cc(F)cc3c2O[C@H](CNC(=O)C2=CCCCC2)C3)s1. The molecule has 0 spiro atoms. The zero-order chi connectivity index (χ0) is 19.7. The van der Waals surface area contributed by atoms with E-state index in [1.54, 1.807) is 6.07 Å². The molecule has 1 aliphatic carbocycles. The number of Topliss-reactive ketones (excluding diaryl/α,β-unsaturated/α-hetero) is 1. The summed E-state index contributed by atoms with van der Waals surface area (Å²) in [5.41, 5.74) is 2.31. The first-order valence-electron chi connectivity index (χ1n) is 9.58. The van der Waals surface area contributed by atoms with E-state index in [1.165, 1.54) is 30.4 Å². The molecule has 1 aromatic carbocycles. The van der Waals surface area contributed by atoms with Crippen LogP contribution in [0.1, 0.15) is 47.8 Å². The molecule has 2 heterocycles. The van der Waals surface area contributed by atoms with E-state index in [0.717, 1.165) is 41.7 Å². The molecule has 0 fully saturated rings. The van der Waals surface area contributed by atoms with Crippen LogP contribution in [0.25, 0.3) is 10.4 Å². The Bertz CT molecular complexity index is 963. The Balaban J connectivity index is 1.49. The molecule has 4 nitrogen and oxygen atoms in total. The Morgan fingerprint density at radius 1 is 1.29 bits per heavy atom. The van der Waals surface area contributed by atoms with Crippen molar-refractivity contribution in [3.63, 3.8) is 0 Å². The molecule has 146 valence electrons. The fourth-order valence-electron chi connectivity index (χ4n) is 3.73. The number of hydrogen-bond donors (Lipinski definition) is 1. The molecule has 2 aromatic rings. The maximum atomic E-state index is 14.2. The van der Waals surface area contributed by atoms with Crippen molar-refractivity contribution in [2.75, 3.05) is 6.54 Å². The molecule has 0 saturated heterocycles. The maximum Gasteiger partial charge on any atom is 0.247 e. The van der Waals surface area contributed by atoms with Gasteiger partial charge in [0, 0.05) is 28.0 Å². The fourth-order valence-corrected chi connectivity index (χ4v) is 4.64. The van der Waals surface area contributed by atoms with Crippen molar-refractivity contribution in [2.24, 2.45) is 0 Å². The molecular weight excluding hydrogens is 377 g/mol. The van der Waals surface area contributed by atoms with Gasteiger partial charge in [0.05, 0.1) is 11.4 Å². The number of halogens is 1. The van der Waals surface area contributed by atoms with Crippen LogP contribution in [0.5, 0.6) is 5.75 Å². The van der Waals surface area contributed by atoms with Crippen LogP contribution in [0.15, 0.2) is 35.9 Å². The smallest absolute Gasteiger partial charge is 0.247 e. The summed E-state index contributed by atoms with van der Waals surface area (Å²) in [5.74, 6) is 0.277. The standard InChI is InChI=1S/C22H22FNO3S/c1-13(25)19-7-8-20(28-19)18-11-16(23)9-15-10-17(27-21(15)18)12-24-22(26)14-5-3-2-4-6-14/h5,7-9,11,17H,2-4,6,10,12H2,1H3,(H,24,26)/t17-/m0/s1. The molecule has 4 rings (SSSR count). The van der Waals surface area contributed by atoms with Crippen molar-refractivity contribution in [3.8, 4) is 16.2 Å². The van der Waals surface area contributed by atoms with Crippen molar-refractivity contribution in [3.05, 3.63) is 52.2 Å². The maximum absolute atomic E-state index is 14.2. The zero-order valence-corrected chi connectivity index (χ0v) is 16.5. The minimum absolute atomic E-state index is 0.0113. The molecule has 0 radical (unpaired) electrons. The first kappa shape index (κ1) is 18.9. The van der Waals surface area contributed by atoms with Crippen molar-refractivity contribution in [1.82, 2.24) is 5.32 Å². The van der Waals surface area contributed by atoms with Gasteiger partial charge in [-0.1, -0.05) is 6.08 Å². The van der Waals surface area contributed by atoms with Gasteiger partial charge < -0.3 is 10.1 Å². The number of carbonyl (C=O) groups is 2. The monoisotopic (exact) mass is 399 g/mol. The number of hydrogen-bond acceptors (Lipinski definition) is 4. The average molecular weight is 399 g/mol. The van der Waals surface area contributed by atoms with E-state index in [-0.39, 0.29) is 23.6 Å². The second kappa shape index (κ2) is 7.87. The third kappa shape index (κ3) is 3.87. The highest BCUT2D eigenvalue weighted by atomic mass is 32.1. The van der Waals surface area contributed by atoms with Crippen LogP contribution < -0.4 is 10.1 Å². The number of rotatable bonds is 5. The summed E-state index contributed by atoms with van der Waals surface area (Å²) in [7, 11) is 0. The number of fused-ring (bicyclic) bond motifs is 1. The Morgan fingerprint density at radius 3 is 2.86 bits per heavy atom. The van der Waals surface area contributed by atoms with Gasteiger partial charge in [-0.2, -0.15) is 0 Å². The summed E-state index contributed by atoms with van der Waals surface area (Å²) in [5, 5.41) is 2.95. The van der Waals surface area contributed by atoms with Crippen LogP contribution in [0.4, 0.5) is 4.39 Å². The lowest BCUT2D eigenvalue weighted by Gasteiger charge is -2.16. The summed E-state index contributed by atoms with van der Waals surface area (Å²) >= 11 is 1.33. The van der Waals surface area contributed by atoms with E-state index < -0.39 is 0 Å². The largest absolute Gasteiger partial charge is 0.487 e. The van der Waals surface area contributed by atoms with Crippen molar-refractivity contribution >= 4 is 23.0 Å². The number of carbonyl (C=O) groups excluding carboxylic acids is 2. The summed E-state index contributed by atoms with van der Waals surface area (Å²) in [4.78, 5) is 25.3. The van der Waals surface area contributed by atoms with Gasteiger partial charge in [0.1, 0.15) is 17.7 Å². The van der Waals surface area contributed by atoms with Crippen LogP contribution in [-0.2, 0) is 11.2 Å². The van der Waals surface area contributed by atoms with E-state index in [1.807, 2.05) is 12.1 Å². The van der Waals surface area contributed by atoms with Gasteiger partial charge in [-0.05, 0) is 56.9 Å². The van der Waals surface area contributed by atoms with Crippen molar-refractivity contribution in [2.45, 2.75) is 45.1 Å². The number of ether oxygens (including phenoxy) is 1. The summed E-state index contributed by atoms with van der Waals surface area (Å²) in [6, 6.07) is 6.51. The minimum Gasteiger partial charge on any atom is -0.487 e. The molecule has 1 amide bonds. The van der Waals surface area contributed by atoms with Crippen LogP contribution in [-0.4, -0.2) is 24.3 Å². The fraction of sp³-hybridized carbons (Fsp3) is 0.364. The third-order valence-electron chi connectivity index (χ3n) is 5.15. The molecule has 0 bridgehead atoms. The normalized spacial score (nSPS) is 18.2. The van der Waals surface area contributed by atoms with E-state index in [4.69, 9.17) is 4.74 Å². The predicted octanol–water partition coefficient (Wildman–Crippen LogP) is 4.68. The van der Waals surface area contributed by atoms with Crippen LogP contribution >= 0.6 is 11.3 Å². The lowest BCUT2D eigenvalue weighted by Crippen LogP contribution is -2.35. The molecule has 1 atom stereocenters. The number of thiophene rings is 1. The molecule has 6 heteroatoms. The molecule has 2 aliphatic rings. The minimum atomic E-state index is -0.327. The van der Waals surface area contributed by atoms with Gasteiger partial charge >= 0.3 is 0 Å². The first-order chi connectivity index (χ1) is 13.5. The molecular formula is C22H22FNO3S. The number of amides is 1. The first-order valence-corrected chi connectivity index (χ1v) is 10.4. The van der Waals surface area contributed by atoms with E-state index >= 15 is 0 Å². The Morgan fingerprint density at radius 2 is 2.14 bits per heavy atom. The average Bonchev–Trinajstić information content (AvgIpc) is 3.33. The molecule has 28 heavy (non-hydrogen) atoms. The van der Waals surface area contributed by atoms with Crippen LogP contribution in [0.3, 0.4) is 0 Å². The van der Waals surface area contributed by atoms with Gasteiger partial charge in [-0.3, -0.25) is 9.59 Å². The van der Waals surface area contributed by atoms with Gasteiger partial charge in [0.15, 0.2) is 5.78 Å². The third-order valence-corrected chi connectivity index (χ3v) is 6.37. The summed E-state index contributed by atoms with van der Waals surface area (Å²) in [6.07, 6.45) is 6.31. The number of nitrogens with one attached hydrogen (secondary N) is 1. The highest BCUT2D eigenvalue weighted by Crippen LogP contribution is 2.42. The van der Waals surface area contributed by atoms with E-state index in [9.17, 15) is 14.0 Å². The second-order valence-corrected chi connectivity index (χ2v) is 8.37. The van der Waals surface area contributed by atoms with Crippen molar-refractivity contribution < 1.29 is 18.7 Å². The lowest BCUT2D eigenvalue weighted by molar-refractivity contribution is -0.118. The summed E-state index contributed by atoms with van der Waals surface area (Å²) < 4.78 is 20.2. The van der Waals surface area contributed by atoms with Crippen molar-refractivity contribution in [1.29, 1.82) is 0 Å². The summed E-state index contributed by atoms with van der Waals surface area (Å²) in [6.45, 7) is 1.90. The second-order valence-electron chi connectivity index (χ2n) is 7.29. The Hall–Kier alpha value is -2.47. The molecule has 0 unspecified atom stereocenters. The zero-order valence-electron chi connectivity index (χ0n) is 15.7. The predicted molar refractivity (Wildman–Crippen MR) is 107 cm³/mol. The Kier molecular flexibility index (Phi) is 5.31. The number of allylic oxidation sites excluding steroid dienone is 1. The van der Waals surface area contributed by atoms with Gasteiger partial charge in [0.2, 0.25) is 5.91 Å². The lowest BCUT2D eigenvalue weighted by atomic mass is 9.99. The highest BCUT2D eigenvalue weighted by Gasteiger charge is 2.28. The molecule has 0 saturated carbocycles. The molecule has 1 aromatic heterocycles. The molecule has 1 N–H and O–H groups in total. The van der Waals surface area contributed by atoms with Gasteiger partial charge in [-0.15, -0.1) is 11.3 Å². The highest BCUT2D eigenvalue weighted by molar-refractivity contribution is 7.17. The van der Waals surface area contributed by atoms with E-state index in [2.05, 4.69) is 5.32 Å². The number of ketones is 1. The van der Waals surface area contributed by atoms with E-state index in [0.29, 0.717) is 29.2 Å². The van der Waals surface area contributed by atoms with Crippen LogP contribution in [0.2, 0.25) is 0 Å². The van der Waals surface area contributed by atoms with Gasteiger partial charge in [-0.25, -0.2) is 4.39 Å².